The molecule has 1 unspecified atom stereocenters. The molecule has 0 saturated carbocycles. The number of carbonyl (C=O) groups excluding carboxylic acids is 2. The first-order valence-corrected chi connectivity index (χ1v) is 14.3. The molecule has 0 aromatic heterocycles. The number of rotatable bonds is 10. The number of amides is 2. The highest BCUT2D eigenvalue weighted by atomic mass is 35.5. The monoisotopic (exact) mass is 571 g/mol. The Balaban J connectivity index is 1.76. The highest BCUT2D eigenvalue weighted by Crippen LogP contribution is 2.36. The molecule has 1 aliphatic heterocycles. The summed E-state index contributed by atoms with van der Waals surface area (Å²) in [6.45, 7) is 1.94. The number of hydrogen-bond acceptors (Lipinski definition) is 6. The second-order valence-electron chi connectivity index (χ2n) is 8.80. The van der Waals surface area contributed by atoms with Crippen molar-refractivity contribution in [3.8, 4) is 11.5 Å². The largest absolute Gasteiger partial charge is 0.486 e. The number of nitrogens with one attached hydrogen (secondary N) is 1. The van der Waals surface area contributed by atoms with Crippen molar-refractivity contribution in [2.45, 2.75) is 30.8 Å². The fraction of sp³-hybridized carbons (Fsp3) is 0.286. The summed E-state index contributed by atoms with van der Waals surface area (Å²) in [4.78, 5) is 28.2. The number of anilines is 1. The van der Waals surface area contributed by atoms with E-state index in [9.17, 15) is 18.0 Å². The number of fused-ring (bicyclic) bond motifs is 1. The van der Waals surface area contributed by atoms with Crippen LogP contribution in [0.2, 0.25) is 5.02 Å². The second kappa shape index (κ2) is 12.4. The third kappa shape index (κ3) is 6.29. The molecule has 0 radical (unpaired) electrons. The highest BCUT2D eigenvalue weighted by Gasteiger charge is 2.34. The van der Waals surface area contributed by atoms with Crippen molar-refractivity contribution in [2.24, 2.45) is 0 Å². The number of sulfonamides is 1. The molecule has 11 heteroatoms. The maximum Gasteiger partial charge on any atom is 0.264 e. The van der Waals surface area contributed by atoms with Gasteiger partial charge < -0.3 is 19.7 Å². The van der Waals surface area contributed by atoms with Crippen LogP contribution in [-0.2, 0) is 26.2 Å². The van der Waals surface area contributed by atoms with Crippen LogP contribution in [0.15, 0.2) is 77.7 Å². The van der Waals surface area contributed by atoms with Gasteiger partial charge in [-0.1, -0.05) is 54.9 Å². The molecule has 9 nitrogen and oxygen atoms in total. The summed E-state index contributed by atoms with van der Waals surface area (Å²) in [5.74, 6) is -0.0713. The summed E-state index contributed by atoms with van der Waals surface area (Å²) in [5.41, 5.74) is 0.855. The molecule has 1 atom stereocenters. The lowest BCUT2D eigenvalue weighted by atomic mass is 10.1. The zero-order valence-corrected chi connectivity index (χ0v) is 23.2. The second-order valence-corrected chi connectivity index (χ2v) is 11.1. The molecule has 4 rings (SSSR count). The third-order valence-electron chi connectivity index (χ3n) is 6.35. The molecule has 0 fully saturated rings. The molecule has 2 amide bonds. The molecule has 206 valence electrons. The van der Waals surface area contributed by atoms with Gasteiger partial charge in [0.1, 0.15) is 25.8 Å². The van der Waals surface area contributed by atoms with Crippen molar-refractivity contribution in [2.75, 3.05) is 31.1 Å². The first-order valence-electron chi connectivity index (χ1n) is 12.5. The average molecular weight is 572 g/mol. The van der Waals surface area contributed by atoms with E-state index >= 15 is 0 Å². The van der Waals surface area contributed by atoms with Crippen LogP contribution in [0.1, 0.15) is 18.9 Å². The van der Waals surface area contributed by atoms with E-state index in [0.29, 0.717) is 41.7 Å². The van der Waals surface area contributed by atoms with Crippen molar-refractivity contribution < 1.29 is 27.5 Å². The molecule has 3 aromatic carbocycles. The van der Waals surface area contributed by atoms with E-state index < -0.39 is 28.5 Å². The summed E-state index contributed by atoms with van der Waals surface area (Å²) in [5, 5.41) is 3.03. The smallest absolute Gasteiger partial charge is 0.264 e. The molecular formula is C28H30ClN3O6S. The molecule has 0 aliphatic carbocycles. The molecule has 1 aliphatic rings. The first-order chi connectivity index (χ1) is 18.8. The van der Waals surface area contributed by atoms with Crippen LogP contribution in [0.3, 0.4) is 0 Å². The van der Waals surface area contributed by atoms with E-state index in [1.165, 1.54) is 30.1 Å². The Morgan fingerprint density at radius 2 is 1.64 bits per heavy atom. The topological polar surface area (TPSA) is 105 Å². The first kappa shape index (κ1) is 28.3. The summed E-state index contributed by atoms with van der Waals surface area (Å²) in [6, 6.07) is 18.7. The van der Waals surface area contributed by atoms with Gasteiger partial charge in [-0.25, -0.2) is 8.42 Å². The van der Waals surface area contributed by atoms with Crippen LogP contribution in [0, 0.1) is 0 Å². The Kier molecular flexibility index (Phi) is 8.98. The molecule has 1 N–H and O–H groups in total. The number of benzene rings is 3. The maximum absolute atomic E-state index is 14.0. The summed E-state index contributed by atoms with van der Waals surface area (Å²) in [7, 11) is -2.70. The van der Waals surface area contributed by atoms with Gasteiger partial charge in [0.15, 0.2) is 11.5 Å². The normalized spacial score (nSPS) is 13.3. The van der Waals surface area contributed by atoms with Crippen LogP contribution in [0.25, 0.3) is 0 Å². The van der Waals surface area contributed by atoms with Crippen LogP contribution in [0.5, 0.6) is 11.5 Å². The van der Waals surface area contributed by atoms with Crippen molar-refractivity contribution in [3.05, 3.63) is 83.4 Å². The lowest BCUT2D eigenvalue weighted by Gasteiger charge is -2.33. The van der Waals surface area contributed by atoms with E-state index in [1.807, 2.05) is 0 Å². The predicted octanol–water partition coefficient (Wildman–Crippen LogP) is 3.86. The molecule has 1 heterocycles. The molecule has 3 aromatic rings. The van der Waals surface area contributed by atoms with Crippen LogP contribution < -0.4 is 19.1 Å². The highest BCUT2D eigenvalue weighted by molar-refractivity contribution is 7.92. The molecule has 0 bridgehead atoms. The minimum Gasteiger partial charge on any atom is -0.486 e. The number of halogens is 1. The van der Waals surface area contributed by atoms with Gasteiger partial charge in [0.2, 0.25) is 11.8 Å². The molecule has 0 saturated heterocycles. The number of hydrogen-bond donors (Lipinski definition) is 1. The van der Waals surface area contributed by atoms with Gasteiger partial charge in [-0.3, -0.25) is 13.9 Å². The Bertz CT molecular complexity index is 1430. The number of ether oxygens (including phenoxy) is 2. The number of nitrogens with zero attached hydrogens (tertiary/aromatic N) is 2. The van der Waals surface area contributed by atoms with Crippen molar-refractivity contribution in [1.82, 2.24) is 10.2 Å². The number of carbonyl (C=O) groups is 2. The van der Waals surface area contributed by atoms with Gasteiger partial charge in [0.05, 0.1) is 10.6 Å². The van der Waals surface area contributed by atoms with Crippen molar-refractivity contribution in [3.63, 3.8) is 0 Å². The van der Waals surface area contributed by atoms with Crippen LogP contribution in [0.4, 0.5) is 5.69 Å². The van der Waals surface area contributed by atoms with E-state index in [0.717, 1.165) is 4.31 Å². The fourth-order valence-electron chi connectivity index (χ4n) is 4.33. The summed E-state index contributed by atoms with van der Waals surface area (Å²) in [6.07, 6.45) is 0.311. The minimum absolute atomic E-state index is 0.0173. The SMILES string of the molecule is CCC(C(=O)NC)N(Cc1ccccc1Cl)C(=O)CN(c1ccc2c(c1)OCCO2)S(=O)(=O)c1ccccc1. The van der Waals surface area contributed by atoms with Gasteiger partial charge in [0, 0.05) is 24.7 Å². The molecule has 0 spiro atoms. The fourth-order valence-corrected chi connectivity index (χ4v) is 5.95. The van der Waals surface area contributed by atoms with Crippen molar-refractivity contribution >= 4 is 39.1 Å². The molecule has 39 heavy (non-hydrogen) atoms. The van der Waals surface area contributed by atoms with Gasteiger partial charge in [-0.15, -0.1) is 0 Å². The molecular weight excluding hydrogens is 542 g/mol. The van der Waals surface area contributed by atoms with E-state index in [1.54, 1.807) is 61.5 Å². The Morgan fingerprint density at radius 3 is 2.31 bits per heavy atom. The van der Waals surface area contributed by atoms with Crippen LogP contribution >= 0.6 is 11.6 Å². The summed E-state index contributed by atoms with van der Waals surface area (Å²) >= 11 is 6.39. The zero-order chi connectivity index (χ0) is 28.0. The van der Waals surface area contributed by atoms with Crippen LogP contribution in [-0.4, -0.2) is 58.0 Å². The Morgan fingerprint density at radius 1 is 0.974 bits per heavy atom. The zero-order valence-electron chi connectivity index (χ0n) is 21.7. The van der Waals surface area contributed by atoms with Gasteiger partial charge in [0.25, 0.3) is 10.0 Å². The summed E-state index contributed by atoms with van der Waals surface area (Å²) < 4.78 is 40.0. The number of likely N-dealkylation sites (N-methyl/N-ethyl adjacent to an activating group) is 1. The van der Waals surface area contributed by atoms with Crippen molar-refractivity contribution in [1.29, 1.82) is 0 Å². The Hall–Kier alpha value is -3.76. The van der Waals surface area contributed by atoms with Gasteiger partial charge >= 0.3 is 0 Å². The lowest BCUT2D eigenvalue weighted by molar-refractivity contribution is -0.140. The van der Waals surface area contributed by atoms with E-state index in [4.69, 9.17) is 21.1 Å². The van der Waals surface area contributed by atoms with Gasteiger partial charge in [-0.2, -0.15) is 0 Å². The average Bonchev–Trinajstić information content (AvgIpc) is 2.96. The Labute approximate surface area is 233 Å². The maximum atomic E-state index is 14.0. The van der Waals surface area contributed by atoms with E-state index in [-0.39, 0.29) is 23.0 Å². The standard InChI is InChI=1S/C28H30ClN3O6S/c1-3-24(28(34)30-2)31(18-20-9-7-8-12-23(20)29)27(33)19-32(39(35,36)22-10-5-4-6-11-22)21-13-14-25-26(17-21)38-16-15-37-25/h4-14,17,24H,3,15-16,18-19H2,1-2H3,(H,30,34). The predicted molar refractivity (Wildman–Crippen MR) is 149 cm³/mol. The minimum atomic E-state index is -4.19. The quantitative estimate of drug-likeness (QED) is 0.396. The lowest BCUT2D eigenvalue weighted by Crippen LogP contribution is -2.51. The van der Waals surface area contributed by atoms with Gasteiger partial charge in [-0.05, 0) is 42.3 Å². The van der Waals surface area contributed by atoms with E-state index in [2.05, 4.69) is 5.32 Å². The third-order valence-corrected chi connectivity index (χ3v) is 8.51.